The Balaban J connectivity index is 2.20. The van der Waals surface area contributed by atoms with Crippen LogP contribution in [-0.2, 0) is 12.8 Å². The predicted octanol–water partition coefficient (Wildman–Crippen LogP) is 5.87. The highest BCUT2D eigenvalue weighted by atomic mass is 32.1. The molecule has 0 aliphatic heterocycles. The van der Waals surface area contributed by atoms with Crippen molar-refractivity contribution < 1.29 is 0 Å². The van der Waals surface area contributed by atoms with Gasteiger partial charge in [0.2, 0.25) is 0 Å². The maximum absolute atomic E-state index is 2.39. The Morgan fingerprint density at radius 1 is 1.00 bits per heavy atom. The minimum atomic E-state index is 0.730. The zero-order chi connectivity index (χ0) is 13.1. The van der Waals surface area contributed by atoms with E-state index in [4.69, 9.17) is 0 Å². The highest BCUT2D eigenvalue weighted by Crippen LogP contribution is 2.36. The Morgan fingerprint density at radius 3 is 2.39 bits per heavy atom. The standard InChI is InChI=1S/C16H22S2/c1-11(2)7-13-9-15(18-10-13)16-14(5-6-17-16)8-12(3)4/h5-6,9-12H,7-8H2,1-4H3. The minimum Gasteiger partial charge on any atom is -0.143 e. The lowest BCUT2D eigenvalue weighted by Gasteiger charge is -2.05. The minimum absolute atomic E-state index is 0.730. The number of hydrogen-bond donors (Lipinski definition) is 0. The van der Waals surface area contributed by atoms with Gasteiger partial charge in [-0.25, -0.2) is 0 Å². The van der Waals surface area contributed by atoms with Gasteiger partial charge in [-0.2, -0.15) is 0 Å². The van der Waals surface area contributed by atoms with Crippen molar-refractivity contribution >= 4 is 22.7 Å². The second kappa shape index (κ2) is 6.03. The Hall–Kier alpha value is -0.600. The van der Waals surface area contributed by atoms with Gasteiger partial charge in [0.25, 0.3) is 0 Å². The van der Waals surface area contributed by atoms with Crippen molar-refractivity contribution in [2.75, 3.05) is 0 Å². The molecule has 2 heteroatoms. The van der Waals surface area contributed by atoms with E-state index in [0.29, 0.717) is 0 Å². The van der Waals surface area contributed by atoms with Crippen molar-refractivity contribution in [3.63, 3.8) is 0 Å². The largest absolute Gasteiger partial charge is 0.143 e. The quantitative estimate of drug-likeness (QED) is 0.641. The van der Waals surface area contributed by atoms with Crippen molar-refractivity contribution in [2.45, 2.75) is 40.5 Å². The maximum atomic E-state index is 2.39. The van der Waals surface area contributed by atoms with Gasteiger partial charge in [-0.05, 0) is 58.7 Å². The molecular formula is C16H22S2. The molecule has 0 aliphatic rings. The summed E-state index contributed by atoms with van der Waals surface area (Å²) in [4.78, 5) is 2.94. The van der Waals surface area contributed by atoms with Crippen LogP contribution in [0.5, 0.6) is 0 Å². The van der Waals surface area contributed by atoms with Crippen molar-refractivity contribution in [1.29, 1.82) is 0 Å². The molecule has 0 saturated heterocycles. The van der Waals surface area contributed by atoms with E-state index >= 15 is 0 Å². The molecule has 0 aromatic carbocycles. The molecule has 0 nitrogen and oxygen atoms in total. The van der Waals surface area contributed by atoms with Gasteiger partial charge in [-0.1, -0.05) is 27.7 Å². The fourth-order valence-electron chi connectivity index (χ4n) is 2.23. The maximum Gasteiger partial charge on any atom is 0.0474 e. The molecule has 2 aromatic heterocycles. The lowest BCUT2D eigenvalue weighted by molar-refractivity contribution is 0.648. The summed E-state index contributed by atoms with van der Waals surface area (Å²) in [7, 11) is 0. The third-order valence-corrected chi connectivity index (χ3v) is 5.01. The van der Waals surface area contributed by atoms with E-state index < -0.39 is 0 Å². The Morgan fingerprint density at radius 2 is 1.72 bits per heavy atom. The van der Waals surface area contributed by atoms with Gasteiger partial charge >= 0.3 is 0 Å². The van der Waals surface area contributed by atoms with Crippen LogP contribution in [0.2, 0.25) is 0 Å². The molecule has 98 valence electrons. The molecule has 0 N–H and O–H groups in total. The summed E-state index contributed by atoms with van der Waals surface area (Å²) in [5.74, 6) is 1.47. The van der Waals surface area contributed by atoms with Crippen LogP contribution < -0.4 is 0 Å². The van der Waals surface area contributed by atoms with E-state index in [9.17, 15) is 0 Å². The van der Waals surface area contributed by atoms with Gasteiger partial charge < -0.3 is 0 Å². The molecule has 2 heterocycles. The van der Waals surface area contributed by atoms with Crippen LogP contribution in [0.25, 0.3) is 9.75 Å². The summed E-state index contributed by atoms with van der Waals surface area (Å²) in [5, 5.41) is 4.56. The van der Waals surface area contributed by atoms with Crippen LogP contribution in [0.4, 0.5) is 0 Å². The second-order valence-corrected chi connectivity index (χ2v) is 7.62. The van der Waals surface area contributed by atoms with Gasteiger partial charge in [-0.3, -0.25) is 0 Å². The zero-order valence-electron chi connectivity index (χ0n) is 11.7. The van der Waals surface area contributed by atoms with Gasteiger partial charge in [0.05, 0.1) is 0 Å². The molecular weight excluding hydrogens is 256 g/mol. The topological polar surface area (TPSA) is 0 Å². The highest BCUT2D eigenvalue weighted by Gasteiger charge is 2.11. The Kier molecular flexibility index (Phi) is 4.63. The molecule has 0 radical (unpaired) electrons. The van der Waals surface area contributed by atoms with Gasteiger partial charge in [0, 0.05) is 9.75 Å². The molecule has 0 saturated carbocycles. The van der Waals surface area contributed by atoms with E-state index in [-0.39, 0.29) is 0 Å². The fourth-order valence-corrected chi connectivity index (χ4v) is 4.26. The first-order chi connectivity index (χ1) is 8.56. The van der Waals surface area contributed by atoms with Crippen molar-refractivity contribution in [3.05, 3.63) is 34.0 Å². The van der Waals surface area contributed by atoms with E-state index in [0.717, 1.165) is 11.8 Å². The summed E-state index contributed by atoms with van der Waals surface area (Å²) >= 11 is 3.79. The fraction of sp³-hybridized carbons (Fsp3) is 0.500. The molecule has 0 amide bonds. The Labute approximate surface area is 119 Å². The number of hydrogen-bond acceptors (Lipinski definition) is 2. The van der Waals surface area contributed by atoms with Gasteiger partial charge in [0.15, 0.2) is 0 Å². The van der Waals surface area contributed by atoms with E-state index in [1.807, 2.05) is 22.7 Å². The molecule has 0 spiro atoms. The third-order valence-electron chi connectivity index (χ3n) is 2.90. The molecule has 0 fully saturated rings. The molecule has 2 aromatic rings. The first-order valence-electron chi connectivity index (χ1n) is 6.70. The van der Waals surface area contributed by atoms with Gasteiger partial charge in [-0.15, -0.1) is 22.7 Å². The molecule has 0 unspecified atom stereocenters. The van der Waals surface area contributed by atoms with Crippen LogP contribution in [0, 0.1) is 11.8 Å². The van der Waals surface area contributed by atoms with Crippen LogP contribution in [0.3, 0.4) is 0 Å². The monoisotopic (exact) mass is 278 g/mol. The van der Waals surface area contributed by atoms with Crippen LogP contribution >= 0.6 is 22.7 Å². The molecule has 18 heavy (non-hydrogen) atoms. The molecule has 0 atom stereocenters. The van der Waals surface area contributed by atoms with Crippen molar-refractivity contribution in [2.24, 2.45) is 11.8 Å². The smallest absolute Gasteiger partial charge is 0.0474 e. The summed E-state index contributed by atoms with van der Waals surface area (Å²) in [5.41, 5.74) is 3.02. The molecule has 0 aliphatic carbocycles. The first kappa shape index (κ1) is 13.8. The van der Waals surface area contributed by atoms with E-state index in [1.54, 1.807) is 0 Å². The normalized spacial score (nSPS) is 11.7. The summed E-state index contributed by atoms with van der Waals surface area (Å²) in [6.45, 7) is 9.15. The van der Waals surface area contributed by atoms with Crippen LogP contribution in [0.1, 0.15) is 38.8 Å². The lowest BCUT2D eigenvalue weighted by atomic mass is 10.0. The number of thiophene rings is 2. The molecule has 0 bridgehead atoms. The highest BCUT2D eigenvalue weighted by molar-refractivity contribution is 7.20. The van der Waals surface area contributed by atoms with Gasteiger partial charge in [0.1, 0.15) is 0 Å². The Bertz CT molecular complexity index is 489. The average Bonchev–Trinajstić information content (AvgIpc) is 2.85. The summed E-state index contributed by atoms with van der Waals surface area (Å²) in [6.07, 6.45) is 2.39. The second-order valence-electron chi connectivity index (χ2n) is 5.79. The van der Waals surface area contributed by atoms with Crippen molar-refractivity contribution in [3.8, 4) is 9.75 Å². The first-order valence-corrected chi connectivity index (χ1v) is 8.46. The summed E-state index contributed by atoms with van der Waals surface area (Å²) in [6, 6.07) is 4.68. The van der Waals surface area contributed by atoms with E-state index in [1.165, 1.54) is 33.7 Å². The number of rotatable bonds is 5. The third kappa shape index (κ3) is 3.46. The summed E-state index contributed by atoms with van der Waals surface area (Å²) < 4.78 is 0. The van der Waals surface area contributed by atoms with Crippen molar-refractivity contribution in [1.82, 2.24) is 0 Å². The lowest BCUT2D eigenvalue weighted by Crippen LogP contribution is -1.93. The predicted molar refractivity (Wildman–Crippen MR) is 84.7 cm³/mol. The molecule has 2 rings (SSSR count). The van der Waals surface area contributed by atoms with Crippen LogP contribution in [0.15, 0.2) is 22.9 Å². The zero-order valence-corrected chi connectivity index (χ0v) is 13.3. The van der Waals surface area contributed by atoms with E-state index in [2.05, 4.69) is 50.6 Å². The van der Waals surface area contributed by atoms with Crippen LogP contribution in [-0.4, -0.2) is 0 Å². The average molecular weight is 278 g/mol. The SMILES string of the molecule is CC(C)Cc1csc(-c2sccc2CC(C)C)c1.